The molecule has 0 bridgehead atoms. The average molecular weight is 412 g/mol. The number of aromatic nitrogens is 3. The molecule has 0 saturated carbocycles. The summed E-state index contributed by atoms with van der Waals surface area (Å²) >= 11 is 1.28. The van der Waals surface area contributed by atoms with Crippen LogP contribution in [0.1, 0.15) is 49.6 Å². The summed E-state index contributed by atoms with van der Waals surface area (Å²) in [5, 5.41) is 11.9. The van der Waals surface area contributed by atoms with E-state index in [2.05, 4.69) is 20.5 Å². The number of ketones is 1. The molecule has 3 rings (SSSR count). The summed E-state index contributed by atoms with van der Waals surface area (Å²) in [5.74, 6) is -1.21. The highest BCUT2D eigenvalue weighted by molar-refractivity contribution is 7.15. The van der Waals surface area contributed by atoms with Crippen molar-refractivity contribution in [1.29, 1.82) is 0 Å². The number of anilines is 1. The molecule has 0 radical (unpaired) electrons. The molecule has 8 nitrogen and oxygen atoms in total. The summed E-state index contributed by atoms with van der Waals surface area (Å²) in [7, 11) is 1.25. The van der Waals surface area contributed by atoms with Crippen molar-refractivity contribution in [2.24, 2.45) is 0 Å². The summed E-state index contributed by atoms with van der Waals surface area (Å²) in [6, 6.07) is 9.83. The molecule has 1 aromatic carbocycles. The zero-order valence-electron chi connectivity index (χ0n) is 16.2. The third kappa shape index (κ3) is 4.75. The molecule has 2 heterocycles. The van der Waals surface area contributed by atoms with Crippen molar-refractivity contribution in [3.05, 3.63) is 63.4 Å². The number of carbonyl (C=O) groups is 3. The third-order valence-electron chi connectivity index (χ3n) is 4.32. The monoisotopic (exact) mass is 412 g/mol. The quantitative estimate of drug-likeness (QED) is 0.456. The number of nitrogens with one attached hydrogen (secondary N) is 2. The van der Waals surface area contributed by atoms with E-state index in [1.807, 2.05) is 30.3 Å². The number of carbonyl (C=O) groups excluding carboxylic acids is 3. The molecule has 29 heavy (non-hydrogen) atoms. The van der Waals surface area contributed by atoms with Crippen molar-refractivity contribution in [2.45, 2.75) is 26.7 Å². The van der Waals surface area contributed by atoms with E-state index in [9.17, 15) is 14.4 Å². The Labute approximate surface area is 171 Å². The topological polar surface area (TPSA) is 114 Å². The van der Waals surface area contributed by atoms with Gasteiger partial charge in [0.25, 0.3) is 0 Å². The molecular weight excluding hydrogens is 392 g/mol. The lowest BCUT2D eigenvalue weighted by molar-refractivity contribution is -0.115. The number of Topliss-reactive ketones (excluding diaryl/α,β-unsaturated/α-hetero) is 1. The first-order valence-corrected chi connectivity index (χ1v) is 9.67. The van der Waals surface area contributed by atoms with Crippen LogP contribution in [0.25, 0.3) is 0 Å². The highest BCUT2D eigenvalue weighted by atomic mass is 32.1. The van der Waals surface area contributed by atoms with Crippen LogP contribution in [0.3, 0.4) is 0 Å². The van der Waals surface area contributed by atoms with E-state index in [0.29, 0.717) is 22.8 Å². The number of esters is 1. The number of ether oxygens (including phenoxy) is 1. The van der Waals surface area contributed by atoms with Gasteiger partial charge in [0, 0.05) is 19.0 Å². The van der Waals surface area contributed by atoms with Crippen LogP contribution in [0.15, 0.2) is 30.3 Å². The van der Waals surface area contributed by atoms with Crippen LogP contribution in [0, 0.1) is 6.92 Å². The summed E-state index contributed by atoms with van der Waals surface area (Å²) in [5.41, 5.74) is 2.38. The van der Waals surface area contributed by atoms with Gasteiger partial charge in [0.05, 0.1) is 24.8 Å². The Kier molecular flexibility index (Phi) is 6.18. The molecule has 9 heteroatoms. The van der Waals surface area contributed by atoms with Crippen LogP contribution in [0.2, 0.25) is 0 Å². The van der Waals surface area contributed by atoms with Gasteiger partial charge < -0.3 is 15.0 Å². The maximum Gasteiger partial charge on any atom is 0.339 e. The van der Waals surface area contributed by atoms with Gasteiger partial charge in [0.15, 0.2) is 5.78 Å². The summed E-state index contributed by atoms with van der Waals surface area (Å²) in [6.45, 7) is 3.03. The average Bonchev–Trinajstić information content (AvgIpc) is 3.25. The fourth-order valence-electron chi connectivity index (χ4n) is 2.99. The summed E-state index contributed by atoms with van der Waals surface area (Å²) in [4.78, 5) is 39.2. The lowest BCUT2D eigenvalue weighted by atomic mass is 10.1. The SMILES string of the molecule is COC(=O)c1c(CC(=O)Nc2nnc(Cc3ccccc3)s2)[nH]c(C(C)=O)c1C. The molecule has 0 spiro atoms. The van der Waals surface area contributed by atoms with Crippen LogP contribution in [0.4, 0.5) is 5.13 Å². The molecule has 0 aliphatic carbocycles. The molecule has 0 saturated heterocycles. The first-order chi connectivity index (χ1) is 13.9. The largest absolute Gasteiger partial charge is 0.465 e. The van der Waals surface area contributed by atoms with Gasteiger partial charge in [0.1, 0.15) is 5.01 Å². The third-order valence-corrected chi connectivity index (χ3v) is 5.16. The van der Waals surface area contributed by atoms with Gasteiger partial charge in [-0.25, -0.2) is 4.79 Å². The predicted molar refractivity (Wildman–Crippen MR) is 108 cm³/mol. The maximum atomic E-state index is 12.5. The number of rotatable bonds is 7. The Morgan fingerprint density at radius 2 is 1.90 bits per heavy atom. The zero-order chi connectivity index (χ0) is 21.0. The van der Waals surface area contributed by atoms with Crippen molar-refractivity contribution in [3.63, 3.8) is 0 Å². The molecule has 2 aromatic heterocycles. The fraction of sp³-hybridized carbons (Fsp3) is 0.250. The van der Waals surface area contributed by atoms with Crippen molar-refractivity contribution >= 4 is 34.1 Å². The molecule has 2 N–H and O–H groups in total. The van der Waals surface area contributed by atoms with Crippen LogP contribution in [-0.2, 0) is 22.4 Å². The van der Waals surface area contributed by atoms with Crippen LogP contribution in [-0.4, -0.2) is 40.0 Å². The van der Waals surface area contributed by atoms with E-state index >= 15 is 0 Å². The number of methoxy groups -OCH3 is 1. The number of hydrogen-bond acceptors (Lipinski definition) is 7. The highest BCUT2D eigenvalue weighted by Crippen LogP contribution is 2.22. The second kappa shape index (κ2) is 8.78. The predicted octanol–water partition coefficient (Wildman–Crippen LogP) is 2.94. The van der Waals surface area contributed by atoms with Crippen LogP contribution < -0.4 is 5.32 Å². The lowest BCUT2D eigenvalue weighted by Gasteiger charge is -2.04. The Morgan fingerprint density at radius 1 is 1.17 bits per heavy atom. The molecular formula is C20H20N4O4S. The van der Waals surface area contributed by atoms with Crippen molar-refractivity contribution in [1.82, 2.24) is 15.2 Å². The van der Waals surface area contributed by atoms with Crippen molar-refractivity contribution in [3.8, 4) is 0 Å². The Balaban J connectivity index is 1.72. The van der Waals surface area contributed by atoms with Gasteiger partial charge in [0.2, 0.25) is 11.0 Å². The molecule has 0 aliphatic heterocycles. The lowest BCUT2D eigenvalue weighted by Crippen LogP contribution is -2.17. The Hall–Kier alpha value is -3.33. The second-order valence-corrected chi connectivity index (χ2v) is 7.48. The molecule has 0 aliphatic rings. The molecule has 0 fully saturated rings. The van der Waals surface area contributed by atoms with Crippen molar-refractivity contribution in [2.75, 3.05) is 12.4 Å². The van der Waals surface area contributed by atoms with E-state index in [1.54, 1.807) is 6.92 Å². The normalized spacial score (nSPS) is 10.6. The fourth-order valence-corrected chi connectivity index (χ4v) is 3.78. The number of hydrogen-bond donors (Lipinski definition) is 2. The zero-order valence-corrected chi connectivity index (χ0v) is 17.1. The molecule has 1 amide bonds. The van der Waals surface area contributed by atoms with Crippen molar-refractivity contribution < 1.29 is 19.1 Å². The van der Waals surface area contributed by atoms with Gasteiger partial charge in [-0.3, -0.25) is 9.59 Å². The van der Waals surface area contributed by atoms with Gasteiger partial charge >= 0.3 is 5.97 Å². The first-order valence-electron chi connectivity index (χ1n) is 8.86. The molecule has 0 atom stereocenters. The number of amides is 1. The van der Waals surface area contributed by atoms with E-state index in [-0.39, 0.29) is 29.4 Å². The van der Waals surface area contributed by atoms with E-state index in [0.717, 1.165) is 10.6 Å². The summed E-state index contributed by atoms with van der Waals surface area (Å²) < 4.78 is 4.79. The minimum atomic E-state index is -0.602. The maximum absolute atomic E-state index is 12.5. The molecule has 0 unspecified atom stereocenters. The van der Waals surface area contributed by atoms with Gasteiger partial charge in [-0.1, -0.05) is 41.7 Å². The van der Waals surface area contributed by atoms with E-state index < -0.39 is 5.97 Å². The smallest absolute Gasteiger partial charge is 0.339 e. The van der Waals surface area contributed by atoms with Gasteiger partial charge in [-0.2, -0.15) is 0 Å². The van der Waals surface area contributed by atoms with Crippen LogP contribution >= 0.6 is 11.3 Å². The Morgan fingerprint density at radius 3 is 2.55 bits per heavy atom. The first kappa shape index (κ1) is 20.4. The van der Waals surface area contributed by atoms with E-state index in [4.69, 9.17) is 4.74 Å². The van der Waals surface area contributed by atoms with Gasteiger partial charge in [-0.05, 0) is 18.1 Å². The summed E-state index contributed by atoms with van der Waals surface area (Å²) in [6.07, 6.45) is 0.491. The number of nitrogens with zero attached hydrogens (tertiary/aromatic N) is 2. The molecule has 3 aromatic rings. The van der Waals surface area contributed by atoms with Gasteiger partial charge in [-0.15, -0.1) is 10.2 Å². The number of benzene rings is 1. The highest BCUT2D eigenvalue weighted by Gasteiger charge is 2.24. The minimum absolute atomic E-state index is 0.133. The minimum Gasteiger partial charge on any atom is -0.465 e. The standard InChI is InChI=1S/C20H20N4O4S/c1-11-17(19(27)28-3)14(21-18(11)12(2)25)10-15(26)22-20-24-23-16(29-20)9-13-7-5-4-6-8-13/h4-8,21H,9-10H2,1-3H3,(H,22,24,26). The number of aromatic amines is 1. The molecule has 150 valence electrons. The Bertz CT molecular complexity index is 1060. The van der Waals surface area contributed by atoms with Crippen LogP contribution in [0.5, 0.6) is 0 Å². The second-order valence-electron chi connectivity index (χ2n) is 6.41. The number of H-pyrrole nitrogens is 1. The van der Waals surface area contributed by atoms with E-state index in [1.165, 1.54) is 25.4 Å².